The lowest BCUT2D eigenvalue weighted by Crippen LogP contribution is -2.34. The maximum atomic E-state index is 12.1. The van der Waals surface area contributed by atoms with Gasteiger partial charge in [-0.3, -0.25) is 9.59 Å². The van der Waals surface area contributed by atoms with Crippen molar-refractivity contribution in [3.05, 3.63) is 29.8 Å². The third kappa shape index (κ3) is 3.89. The van der Waals surface area contributed by atoms with Crippen LogP contribution in [-0.4, -0.2) is 42.7 Å². The Morgan fingerprint density at radius 3 is 2.52 bits per heavy atom. The highest BCUT2D eigenvalue weighted by atomic mass is 16.3. The van der Waals surface area contributed by atoms with Crippen LogP contribution in [0.1, 0.15) is 23.7 Å². The molecule has 2 amide bonds. The van der Waals surface area contributed by atoms with Gasteiger partial charge in [-0.25, -0.2) is 0 Å². The Kier molecular flexibility index (Phi) is 4.63. The fourth-order valence-corrected chi connectivity index (χ4v) is 2.88. The number of anilines is 1. The normalized spacial score (nSPS) is 29.1. The minimum Gasteiger partial charge on any atom is -0.391 e. The molecule has 6 heteroatoms. The van der Waals surface area contributed by atoms with Crippen LogP contribution >= 0.6 is 0 Å². The van der Waals surface area contributed by atoms with Gasteiger partial charge < -0.3 is 21.1 Å². The maximum Gasteiger partial charge on any atom is 0.251 e. The SMILES string of the molecule is CC1CC1C(=O)Nc1ccc(C(=O)NCC2CNCC2O)cc1. The molecule has 1 aliphatic heterocycles. The Morgan fingerprint density at radius 2 is 1.96 bits per heavy atom. The van der Waals surface area contributed by atoms with Crippen LogP contribution < -0.4 is 16.0 Å². The fraction of sp³-hybridized carbons (Fsp3) is 0.529. The number of nitrogens with one attached hydrogen (secondary N) is 3. The minimum atomic E-state index is -0.405. The van der Waals surface area contributed by atoms with Gasteiger partial charge in [0.2, 0.25) is 5.91 Å². The first-order chi connectivity index (χ1) is 11.0. The van der Waals surface area contributed by atoms with E-state index in [4.69, 9.17) is 0 Å². The summed E-state index contributed by atoms with van der Waals surface area (Å²) in [7, 11) is 0. The van der Waals surface area contributed by atoms with Gasteiger partial charge in [-0.15, -0.1) is 0 Å². The van der Waals surface area contributed by atoms with Gasteiger partial charge in [0.15, 0.2) is 0 Å². The molecule has 4 atom stereocenters. The molecule has 0 spiro atoms. The second-order valence-corrected chi connectivity index (χ2v) is 6.58. The summed E-state index contributed by atoms with van der Waals surface area (Å²) in [6.07, 6.45) is 0.548. The zero-order valence-corrected chi connectivity index (χ0v) is 13.2. The lowest BCUT2D eigenvalue weighted by atomic mass is 10.1. The molecule has 3 rings (SSSR count). The van der Waals surface area contributed by atoms with Crippen LogP contribution in [0.15, 0.2) is 24.3 Å². The van der Waals surface area contributed by atoms with Gasteiger partial charge in [-0.2, -0.15) is 0 Å². The van der Waals surface area contributed by atoms with Gasteiger partial charge >= 0.3 is 0 Å². The van der Waals surface area contributed by atoms with E-state index in [0.717, 1.165) is 6.42 Å². The molecular weight excluding hydrogens is 294 g/mol. The average molecular weight is 317 g/mol. The molecule has 4 N–H and O–H groups in total. The van der Waals surface area contributed by atoms with Crippen molar-refractivity contribution < 1.29 is 14.7 Å². The summed E-state index contributed by atoms with van der Waals surface area (Å²) in [6.45, 7) is 3.81. The zero-order valence-electron chi connectivity index (χ0n) is 13.2. The molecule has 0 aromatic heterocycles. The Balaban J connectivity index is 1.50. The number of amides is 2. The minimum absolute atomic E-state index is 0.0532. The summed E-state index contributed by atoms with van der Waals surface area (Å²) in [5.74, 6) is 0.540. The number of hydrogen-bond donors (Lipinski definition) is 4. The number of benzene rings is 1. The second-order valence-electron chi connectivity index (χ2n) is 6.58. The van der Waals surface area contributed by atoms with E-state index < -0.39 is 6.10 Å². The highest BCUT2D eigenvalue weighted by Crippen LogP contribution is 2.38. The van der Waals surface area contributed by atoms with E-state index in [2.05, 4.69) is 22.9 Å². The third-order valence-electron chi connectivity index (χ3n) is 4.69. The number of rotatable bonds is 5. The standard InChI is InChI=1S/C17H23N3O3/c1-10-6-14(10)17(23)20-13-4-2-11(3-5-13)16(22)19-8-12-7-18-9-15(12)21/h2-5,10,12,14-15,18,21H,6-9H2,1H3,(H,19,22)(H,20,23). The van der Waals surface area contributed by atoms with E-state index in [-0.39, 0.29) is 23.7 Å². The largest absolute Gasteiger partial charge is 0.391 e. The molecule has 2 aliphatic rings. The van der Waals surface area contributed by atoms with E-state index >= 15 is 0 Å². The number of hydrogen-bond acceptors (Lipinski definition) is 4. The molecule has 0 bridgehead atoms. The third-order valence-corrected chi connectivity index (χ3v) is 4.69. The first kappa shape index (κ1) is 16.0. The van der Waals surface area contributed by atoms with Crippen molar-refractivity contribution in [3.8, 4) is 0 Å². The predicted octanol–water partition coefficient (Wildman–Crippen LogP) is 0.591. The molecule has 1 aromatic rings. The molecular formula is C17H23N3O3. The van der Waals surface area contributed by atoms with Crippen molar-refractivity contribution >= 4 is 17.5 Å². The molecule has 23 heavy (non-hydrogen) atoms. The average Bonchev–Trinajstić information content (AvgIpc) is 3.14. The number of aliphatic hydroxyl groups excluding tert-OH is 1. The summed E-state index contributed by atoms with van der Waals surface area (Å²) in [6, 6.07) is 6.88. The lowest BCUT2D eigenvalue weighted by molar-refractivity contribution is -0.117. The lowest BCUT2D eigenvalue weighted by Gasteiger charge is -2.14. The molecule has 1 aromatic carbocycles. The van der Waals surface area contributed by atoms with E-state index in [9.17, 15) is 14.7 Å². The number of carbonyl (C=O) groups is 2. The van der Waals surface area contributed by atoms with Crippen LogP contribution in [0.2, 0.25) is 0 Å². The van der Waals surface area contributed by atoms with Gasteiger partial charge in [0.25, 0.3) is 5.91 Å². The summed E-state index contributed by atoms with van der Waals surface area (Å²) >= 11 is 0. The number of carbonyl (C=O) groups excluding carboxylic acids is 2. The van der Waals surface area contributed by atoms with E-state index in [0.29, 0.717) is 36.8 Å². The highest BCUT2D eigenvalue weighted by molar-refractivity contribution is 5.96. The highest BCUT2D eigenvalue weighted by Gasteiger charge is 2.39. The summed E-state index contributed by atoms with van der Waals surface area (Å²) in [5.41, 5.74) is 1.25. The molecule has 124 valence electrons. The molecule has 1 saturated heterocycles. The van der Waals surface area contributed by atoms with Crippen LogP contribution in [0.4, 0.5) is 5.69 Å². The monoisotopic (exact) mass is 317 g/mol. The van der Waals surface area contributed by atoms with E-state index in [1.807, 2.05) is 0 Å². The van der Waals surface area contributed by atoms with Crippen LogP contribution in [0.5, 0.6) is 0 Å². The van der Waals surface area contributed by atoms with Crippen LogP contribution in [0.3, 0.4) is 0 Å². The van der Waals surface area contributed by atoms with Crippen LogP contribution in [-0.2, 0) is 4.79 Å². The Bertz CT molecular complexity index is 587. The van der Waals surface area contributed by atoms with Crippen molar-refractivity contribution in [2.45, 2.75) is 19.4 Å². The Morgan fingerprint density at radius 1 is 1.26 bits per heavy atom. The van der Waals surface area contributed by atoms with Crippen molar-refractivity contribution in [1.82, 2.24) is 10.6 Å². The molecule has 1 aliphatic carbocycles. The van der Waals surface area contributed by atoms with E-state index in [1.165, 1.54) is 0 Å². The first-order valence-corrected chi connectivity index (χ1v) is 8.12. The van der Waals surface area contributed by atoms with Gasteiger partial charge in [-0.05, 0) is 36.6 Å². The Labute approximate surface area is 135 Å². The van der Waals surface area contributed by atoms with Crippen LogP contribution in [0.25, 0.3) is 0 Å². The second kappa shape index (κ2) is 6.68. The topological polar surface area (TPSA) is 90.5 Å². The van der Waals surface area contributed by atoms with Gasteiger partial charge in [0.05, 0.1) is 6.10 Å². The molecule has 6 nitrogen and oxygen atoms in total. The summed E-state index contributed by atoms with van der Waals surface area (Å²) < 4.78 is 0. The molecule has 1 heterocycles. The smallest absolute Gasteiger partial charge is 0.251 e. The van der Waals surface area contributed by atoms with Gasteiger partial charge in [-0.1, -0.05) is 6.92 Å². The van der Waals surface area contributed by atoms with Gasteiger partial charge in [0, 0.05) is 42.7 Å². The van der Waals surface area contributed by atoms with E-state index in [1.54, 1.807) is 24.3 Å². The molecule has 2 fully saturated rings. The number of aliphatic hydroxyl groups is 1. The Hall–Kier alpha value is -1.92. The summed E-state index contributed by atoms with van der Waals surface area (Å²) in [4.78, 5) is 24.0. The summed E-state index contributed by atoms with van der Waals surface area (Å²) in [5, 5.41) is 18.5. The molecule has 0 radical (unpaired) electrons. The first-order valence-electron chi connectivity index (χ1n) is 8.12. The zero-order chi connectivity index (χ0) is 16.4. The predicted molar refractivity (Wildman–Crippen MR) is 87.0 cm³/mol. The van der Waals surface area contributed by atoms with Crippen molar-refractivity contribution in [2.75, 3.05) is 25.0 Å². The van der Waals surface area contributed by atoms with Gasteiger partial charge in [0.1, 0.15) is 0 Å². The quantitative estimate of drug-likeness (QED) is 0.640. The maximum absolute atomic E-state index is 12.1. The van der Waals surface area contributed by atoms with Crippen LogP contribution in [0, 0.1) is 17.8 Å². The van der Waals surface area contributed by atoms with Crippen molar-refractivity contribution in [2.24, 2.45) is 17.8 Å². The fourth-order valence-electron chi connectivity index (χ4n) is 2.88. The molecule has 1 saturated carbocycles. The van der Waals surface area contributed by atoms with Crippen molar-refractivity contribution in [3.63, 3.8) is 0 Å². The number of β-amino-alcohol motifs (C(OH)–C–C–N with tert-alkyl or cyclic N) is 1. The molecule has 4 unspecified atom stereocenters. The van der Waals surface area contributed by atoms with Crippen molar-refractivity contribution in [1.29, 1.82) is 0 Å².